The lowest BCUT2D eigenvalue weighted by Crippen LogP contribution is -2.64. The maximum absolute atomic E-state index is 13.5. The molecule has 4 rings (SSSR count). The number of fused-ring (bicyclic) bond motifs is 3. The molecule has 0 aliphatic heterocycles. The molecule has 33 heavy (non-hydrogen) atoms. The zero-order valence-corrected chi connectivity index (χ0v) is 17.4. The molecule has 0 saturated heterocycles. The first-order chi connectivity index (χ1) is 15.3. The lowest BCUT2D eigenvalue weighted by molar-refractivity contribution is -0.383. The number of phenolic OH excluding ortho intramolecular Hbond substituents is 2. The van der Waals surface area contributed by atoms with E-state index >= 15 is 0 Å². The molecule has 0 spiro atoms. The number of ketones is 2. The number of nitro groups is 1. The van der Waals surface area contributed by atoms with Crippen molar-refractivity contribution in [1.82, 2.24) is 0 Å². The number of nitrogens with zero attached hydrogens (tertiary/aromatic N) is 1. The molecule has 0 radical (unpaired) electrons. The fourth-order valence-electron chi connectivity index (χ4n) is 4.94. The molecule has 3 atom stereocenters. The van der Waals surface area contributed by atoms with Gasteiger partial charge < -0.3 is 31.9 Å². The zero-order valence-electron chi connectivity index (χ0n) is 17.4. The molecule has 0 bridgehead atoms. The SMILES string of the molecule is Cc1cc([N+](=O)[O-])c2c(C)c3c(c(O)c2c1O)C(=O)[C@]1(O)C(O)=C(C(N)=O)C(=O)[C@H](N)[C@@H]1C3. The number of aliphatic hydroxyl groups excluding tert-OH is 1. The van der Waals surface area contributed by atoms with Gasteiger partial charge in [0.1, 0.15) is 22.8 Å². The predicted molar refractivity (Wildman–Crippen MR) is 112 cm³/mol. The van der Waals surface area contributed by atoms with Gasteiger partial charge in [-0.25, -0.2) is 0 Å². The van der Waals surface area contributed by atoms with Crippen molar-refractivity contribution in [2.75, 3.05) is 0 Å². The molecule has 172 valence electrons. The Bertz CT molecular complexity index is 1380. The van der Waals surface area contributed by atoms with Crippen LogP contribution < -0.4 is 11.5 Å². The number of benzene rings is 2. The van der Waals surface area contributed by atoms with Crippen molar-refractivity contribution in [3.63, 3.8) is 0 Å². The molecule has 1 amide bonds. The number of Topliss-reactive ketones (excluding diaryl/α,β-unsaturated/α-hetero) is 2. The fourth-order valence-corrected chi connectivity index (χ4v) is 4.94. The Balaban J connectivity index is 2.16. The van der Waals surface area contributed by atoms with Crippen molar-refractivity contribution in [1.29, 1.82) is 0 Å². The number of aromatic hydroxyl groups is 2. The largest absolute Gasteiger partial charge is 0.508 e. The van der Waals surface area contributed by atoms with E-state index in [0.29, 0.717) is 0 Å². The summed E-state index contributed by atoms with van der Waals surface area (Å²) >= 11 is 0. The van der Waals surface area contributed by atoms with Crippen LogP contribution in [0, 0.1) is 29.9 Å². The summed E-state index contributed by atoms with van der Waals surface area (Å²) in [6.45, 7) is 2.78. The summed E-state index contributed by atoms with van der Waals surface area (Å²) < 4.78 is 0. The van der Waals surface area contributed by atoms with Gasteiger partial charge in [0.2, 0.25) is 5.78 Å². The lowest BCUT2D eigenvalue weighted by Gasteiger charge is -2.44. The van der Waals surface area contributed by atoms with Gasteiger partial charge in [0.25, 0.3) is 11.6 Å². The highest BCUT2D eigenvalue weighted by atomic mass is 16.6. The van der Waals surface area contributed by atoms with Gasteiger partial charge in [-0.2, -0.15) is 0 Å². The van der Waals surface area contributed by atoms with Crippen molar-refractivity contribution in [3.05, 3.63) is 49.8 Å². The van der Waals surface area contributed by atoms with Crippen molar-refractivity contribution < 1.29 is 39.7 Å². The number of carbonyl (C=O) groups is 3. The van der Waals surface area contributed by atoms with Crippen molar-refractivity contribution in [2.24, 2.45) is 17.4 Å². The minimum atomic E-state index is -2.87. The molecule has 0 saturated carbocycles. The molecular formula is C21H19N3O9. The molecule has 2 aliphatic carbocycles. The van der Waals surface area contributed by atoms with E-state index in [-0.39, 0.29) is 33.9 Å². The van der Waals surface area contributed by atoms with Crippen LogP contribution in [0.1, 0.15) is 27.0 Å². The number of phenols is 2. The maximum atomic E-state index is 13.5. The Morgan fingerprint density at radius 3 is 2.33 bits per heavy atom. The highest BCUT2D eigenvalue weighted by Gasteiger charge is 2.61. The van der Waals surface area contributed by atoms with E-state index in [9.17, 15) is 44.9 Å². The van der Waals surface area contributed by atoms with E-state index in [0.717, 1.165) is 6.07 Å². The molecule has 12 heteroatoms. The number of nitro benzene ring substituents is 1. The highest BCUT2D eigenvalue weighted by molar-refractivity contribution is 6.25. The molecule has 0 fully saturated rings. The number of amides is 1. The van der Waals surface area contributed by atoms with E-state index in [1.54, 1.807) is 0 Å². The smallest absolute Gasteiger partial charge is 0.278 e. The first-order valence-electron chi connectivity index (χ1n) is 9.72. The number of aryl methyl sites for hydroxylation is 2. The van der Waals surface area contributed by atoms with Gasteiger partial charge in [0.05, 0.1) is 27.3 Å². The number of hydrogen-bond donors (Lipinski definition) is 6. The van der Waals surface area contributed by atoms with Gasteiger partial charge in [0.15, 0.2) is 11.4 Å². The second-order valence-electron chi connectivity index (χ2n) is 8.28. The van der Waals surface area contributed by atoms with Gasteiger partial charge in [-0.05, 0) is 37.0 Å². The number of non-ortho nitro benzene ring substituents is 1. The van der Waals surface area contributed by atoms with Crippen molar-refractivity contribution in [2.45, 2.75) is 31.9 Å². The van der Waals surface area contributed by atoms with Crippen LogP contribution in [0.2, 0.25) is 0 Å². The van der Waals surface area contributed by atoms with Gasteiger partial charge in [-0.1, -0.05) is 0 Å². The summed E-state index contributed by atoms with van der Waals surface area (Å²) in [5, 5.41) is 54.5. The van der Waals surface area contributed by atoms with E-state index in [1.165, 1.54) is 13.8 Å². The Morgan fingerprint density at radius 2 is 1.79 bits per heavy atom. The second kappa shape index (κ2) is 6.73. The Hall–Kier alpha value is -4.03. The first kappa shape index (κ1) is 22.2. The van der Waals surface area contributed by atoms with Crippen LogP contribution in [0.4, 0.5) is 5.69 Å². The third-order valence-corrected chi connectivity index (χ3v) is 6.63. The Kier molecular flexibility index (Phi) is 4.52. The summed E-state index contributed by atoms with van der Waals surface area (Å²) in [6.07, 6.45) is -0.359. The minimum absolute atomic E-state index is 0.0459. The minimum Gasteiger partial charge on any atom is -0.508 e. The normalized spacial score (nSPS) is 24.6. The molecule has 12 nitrogen and oxygen atoms in total. The molecule has 2 aliphatic rings. The van der Waals surface area contributed by atoms with Crippen molar-refractivity contribution in [3.8, 4) is 11.5 Å². The fraction of sp³-hybridized carbons (Fsp3) is 0.286. The molecule has 0 aromatic heterocycles. The van der Waals surface area contributed by atoms with E-state index in [1.807, 2.05) is 0 Å². The number of aliphatic hydroxyl groups is 2. The quantitative estimate of drug-likeness (QED) is 0.202. The van der Waals surface area contributed by atoms with Crippen LogP contribution in [-0.4, -0.2) is 54.5 Å². The summed E-state index contributed by atoms with van der Waals surface area (Å²) in [4.78, 5) is 48.7. The first-order valence-corrected chi connectivity index (χ1v) is 9.72. The monoisotopic (exact) mass is 457 g/mol. The van der Waals surface area contributed by atoms with E-state index in [4.69, 9.17) is 11.5 Å². The van der Waals surface area contributed by atoms with Crippen LogP contribution >= 0.6 is 0 Å². The third kappa shape index (κ3) is 2.55. The third-order valence-electron chi connectivity index (χ3n) is 6.63. The van der Waals surface area contributed by atoms with Gasteiger partial charge in [0, 0.05) is 12.0 Å². The lowest BCUT2D eigenvalue weighted by atomic mass is 9.61. The van der Waals surface area contributed by atoms with Crippen LogP contribution in [-0.2, 0) is 16.0 Å². The van der Waals surface area contributed by atoms with Gasteiger partial charge in [-0.3, -0.25) is 24.5 Å². The number of carbonyl (C=O) groups excluding carboxylic acids is 3. The molecule has 2 aromatic carbocycles. The molecule has 2 aromatic rings. The molecule has 0 unspecified atom stereocenters. The summed E-state index contributed by atoms with van der Waals surface area (Å²) in [5.41, 5.74) is 6.45. The molecule has 8 N–H and O–H groups in total. The van der Waals surface area contributed by atoms with Gasteiger partial charge >= 0.3 is 0 Å². The van der Waals surface area contributed by atoms with Gasteiger partial charge in [-0.15, -0.1) is 0 Å². The number of nitrogens with two attached hydrogens (primary N) is 2. The second-order valence-corrected chi connectivity index (χ2v) is 8.28. The van der Waals surface area contributed by atoms with Crippen LogP contribution in [0.15, 0.2) is 17.4 Å². The summed E-state index contributed by atoms with van der Waals surface area (Å²) in [7, 11) is 0. The molecular weight excluding hydrogens is 438 g/mol. The maximum Gasteiger partial charge on any atom is 0.278 e. The standard InChI is InChI=1S/C21H19N3O9/c1-5-3-9(24(32)33)10-6(2)7-4-8-14(22)17(27)13(20(23)30)19(29)21(8,31)18(28)11(7)16(26)12(10)15(5)25/h3,8,14,25-26,29,31H,4,22H2,1-2H3,(H2,23,30)/t8-,14+,21-/m0/s1. The molecule has 0 heterocycles. The number of hydrogen-bond acceptors (Lipinski definition) is 10. The average molecular weight is 457 g/mol. The Labute approximate surface area is 184 Å². The van der Waals surface area contributed by atoms with Crippen LogP contribution in [0.25, 0.3) is 10.8 Å². The topological polar surface area (TPSA) is 227 Å². The van der Waals surface area contributed by atoms with Crippen LogP contribution in [0.3, 0.4) is 0 Å². The number of primary amides is 1. The summed E-state index contributed by atoms with van der Waals surface area (Å²) in [5.74, 6) is -7.88. The van der Waals surface area contributed by atoms with Crippen LogP contribution in [0.5, 0.6) is 11.5 Å². The van der Waals surface area contributed by atoms with Crippen molar-refractivity contribution >= 4 is 33.9 Å². The Morgan fingerprint density at radius 1 is 1.18 bits per heavy atom. The highest BCUT2D eigenvalue weighted by Crippen LogP contribution is 2.52. The summed E-state index contributed by atoms with van der Waals surface area (Å²) in [6, 6.07) is -0.509. The zero-order chi connectivity index (χ0) is 24.7. The van der Waals surface area contributed by atoms with E-state index in [2.05, 4.69) is 0 Å². The average Bonchev–Trinajstić information content (AvgIpc) is 2.73. The number of rotatable bonds is 2. The van der Waals surface area contributed by atoms with E-state index < -0.39 is 74.0 Å². The predicted octanol–water partition coefficient (Wildman–Crippen LogP) is 0.0695.